The minimum Gasteiger partial charge on any atom is -0.507 e. The molecule has 12 rings (SSSR count). The maximum atomic E-state index is 12.3. The molecule has 0 atom stereocenters. The second kappa shape index (κ2) is 27.0. The average molecular weight is 1240 g/mol. The van der Waals surface area contributed by atoms with E-state index in [1.807, 2.05) is 36.4 Å². The number of phenols is 2. The van der Waals surface area contributed by atoms with E-state index in [0.717, 1.165) is 136 Å². The number of ether oxygens (including phenoxy) is 6. The number of aromatic hydroxyl groups is 2. The van der Waals surface area contributed by atoms with Crippen LogP contribution >= 0.6 is 0 Å². The van der Waals surface area contributed by atoms with Crippen LogP contribution in [0.5, 0.6) is 46.0 Å². The summed E-state index contributed by atoms with van der Waals surface area (Å²) in [7, 11) is 0. The van der Waals surface area contributed by atoms with Crippen LogP contribution in [0.1, 0.15) is 234 Å². The van der Waals surface area contributed by atoms with Crippen molar-refractivity contribution in [1.29, 1.82) is 0 Å². The SMILES string of the molecule is CCCOc1c2cc(C(C)(C)C)cc1Cc1cc(C(C)(C)C)cc3c1OCCCOc1c4cccc1Cc1cccc(c1O)Cc1cccc(c1OCCCOc1c(cc(C(C)(C)C)cc1Cc1cc(C(C)(C)C)cc(c1OCCC)C3)C2)Cc1cccc(c1O)C4. The van der Waals surface area contributed by atoms with Crippen molar-refractivity contribution in [2.24, 2.45) is 0 Å². The second-order valence-corrected chi connectivity index (χ2v) is 30.4. The lowest BCUT2D eigenvalue weighted by molar-refractivity contribution is 0.243. The van der Waals surface area contributed by atoms with E-state index < -0.39 is 0 Å². The van der Waals surface area contributed by atoms with Crippen LogP contribution in [0.2, 0.25) is 0 Å². The largest absolute Gasteiger partial charge is 0.507 e. The number of para-hydroxylation sites is 4. The maximum absolute atomic E-state index is 12.3. The van der Waals surface area contributed by atoms with E-state index in [0.29, 0.717) is 104 Å². The first kappa shape index (κ1) is 65.6. The molecule has 92 heavy (non-hydrogen) atoms. The highest BCUT2D eigenvalue weighted by atomic mass is 16.5. The molecule has 484 valence electrons. The van der Waals surface area contributed by atoms with Gasteiger partial charge in [0, 0.05) is 64.2 Å². The van der Waals surface area contributed by atoms with Gasteiger partial charge in [-0.1, -0.05) is 218 Å². The lowest BCUT2D eigenvalue weighted by Gasteiger charge is -2.29. The van der Waals surface area contributed by atoms with Gasteiger partial charge in [-0.05, 0) is 146 Å². The van der Waals surface area contributed by atoms with Gasteiger partial charge in [0.2, 0.25) is 0 Å². The molecule has 0 saturated heterocycles. The Kier molecular flexibility index (Phi) is 19.3. The highest BCUT2D eigenvalue weighted by Gasteiger charge is 2.31. The van der Waals surface area contributed by atoms with Crippen LogP contribution in [0.4, 0.5) is 0 Å². The van der Waals surface area contributed by atoms with Gasteiger partial charge in [0.25, 0.3) is 0 Å². The molecule has 2 aliphatic carbocycles. The fourth-order valence-electron chi connectivity index (χ4n) is 13.5. The van der Waals surface area contributed by atoms with E-state index in [1.165, 1.54) is 22.3 Å². The first-order chi connectivity index (χ1) is 43.8. The third-order valence-electron chi connectivity index (χ3n) is 18.7. The molecule has 8 aromatic rings. The zero-order chi connectivity index (χ0) is 65.3. The van der Waals surface area contributed by atoms with E-state index in [4.69, 9.17) is 28.4 Å². The summed E-state index contributed by atoms with van der Waals surface area (Å²) >= 11 is 0. The molecule has 0 aromatic heterocycles. The predicted octanol–water partition coefficient (Wildman–Crippen LogP) is 19.2. The molecular formula is C84H100O8. The molecule has 0 spiro atoms. The van der Waals surface area contributed by atoms with Crippen molar-refractivity contribution in [2.75, 3.05) is 39.6 Å². The molecule has 8 heteroatoms. The molecule has 2 N–H and O–H groups in total. The predicted molar refractivity (Wildman–Crippen MR) is 375 cm³/mol. The molecule has 0 saturated carbocycles. The highest BCUT2D eigenvalue weighted by molar-refractivity contribution is 5.61. The fourth-order valence-corrected chi connectivity index (χ4v) is 13.5. The molecule has 0 amide bonds. The van der Waals surface area contributed by atoms with E-state index in [9.17, 15) is 10.2 Å². The molecule has 2 aliphatic heterocycles. The van der Waals surface area contributed by atoms with Crippen LogP contribution in [0.3, 0.4) is 0 Å². The Morgan fingerprint density at radius 1 is 0.304 bits per heavy atom. The molecule has 20 bridgehead atoms. The quantitative estimate of drug-likeness (QED) is 0.170. The van der Waals surface area contributed by atoms with Crippen molar-refractivity contribution >= 4 is 0 Å². The lowest BCUT2D eigenvalue weighted by Crippen LogP contribution is -2.18. The van der Waals surface area contributed by atoms with Crippen molar-refractivity contribution in [1.82, 2.24) is 0 Å². The number of hydrogen-bond donors (Lipinski definition) is 2. The molecule has 8 aromatic carbocycles. The smallest absolute Gasteiger partial charge is 0.126 e. The monoisotopic (exact) mass is 1240 g/mol. The van der Waals surface area contributed by atoms with Crippen LogP contribution in [0.15, 0.2) is 121 Å². The van der Waals surface area contributed by atoms with Crippen molar-refractivity contribution in [2.45, 2.75) is 196 Å². The Morgan fingerprint density at radius 2 is 0.511 bits per heavy atom. The van der Waals surface area contributed by atoms with Gasteiger partial charge < -0.3 is 38.6 Å². The molecule has 0 radical (unpaired) electrons. The van der Waals surface area contributed by atoms with Crippen LogP contribution in [0, 0.1) is 0 Å². The Balaban J connectivity index is 1.18. The van der Waals surface area contributed by atoms with Crippen LogP contribution < -0.4 is 28.4 Å². The zero-order valence-electron chi connectivity index (χ0n) is 57.6. The van der Waals surface area contributed by atoms with Gasteiger partial charge in [0.1, 0.15) is 46.0 Å². The summed E-state index contributed by atoms with van der Waals surface area (Å²) in [6.07, 6.45) is 6.94. The van der Waals surface area contributed by atoms with Crippen LogP contribution in [-0.2, 0) is 73.0 Å². The number of fused-ring (bicyclic) bond motifs is 10. The third kappa shape index (κ3) is 14.7. The summed E-state index contributed by atoms with van der Waals surface area (Å²) in [5.41, 5.74) is 20.2. The fraction of sp³-hybridized carbons (Fsp3) is 0.429. The van der Waals surface area contributed by atoms with Gasteiger partial charge in [-0.25, -0.2) is 0 Å². The third-order valence-corrected chi connectivity index (χ3v) is 18.7. The van der Waals surface area contributed by atoms with Gasteiger partial charge >= 0.3 is 0 Å². The zero-order valence-corrected chi connectivity index (χ0v) is 57.6. The second-order valence-electron chi connectivity index (χ2n) is 30.4. The topological polar surface area (TPSA) is 95.8 Å². The molecule has 0 unspecified atom stereocenters. The Morgan fingerprint density at radius 3 is 0.739 bits per heavy atom. The van der Waals surface area contributed by atoms with Gasteiger partial charge in [0.05, 0.1) is 39.6 Å². The minimum absolute atomic E-state index is 0.187. The van der Waals surface area contributed by atoms with Gasteiger partial charge in [-0.15, -0.1) is 0 Å². The van der Waals surface area contributed by atoms with E-state index in [-0.39, 0.29) is 33.2 Å². The van der Waals surface area contributed by atoms with Crippen molar-refractivity contribution in [3.8, 4) is 46.0 Å². The molecular weight excluding hydrogens is 1140 g/mol. The molecule has 0 fully saturated rings. The summed E-state index contributed by atoms with van der Waals surface area (Å²) in [5.74, 6) is 5.65. The van der Waals surface area contributed by atoms with E-state index >= 15 is 0 Å². The normalized spacial score (nSPS) is 14.8. The average Bonchev–Trinajstić information content (AvgIpc) is 0.790. The lowest BCUT2D eigenvalue weighted by atomic mass is 9.79. The Bertz CT molecular complexity index is 3540. The summed E-state index contributed by atoms with van der Waals surface area (Å²) in [4.78, 5) is 0. The highest BCUT2D eigenvalue weighted by Crippen LogP contribution is 2.46. The van der Waals surface area contributed by atoms with E-state index in [1.54, 1.807) is 0 Å². The molecule has 4 aliphatic rings. The van der Waals surface area contributed by atoms with Crippen LogP contribution in [-0.4, -0.2) is 49.9 Å². The van der Waals surface area contributed by atoms with Gasteiger partial charge in [-0.3, -0.25) is 0 Å². The standard InChI is InChI=1S/C84H100O8/c1-15-31-87-77-61-41-65-49-71(83(9,10)11)51-67-43-63-47-70(82(6,7)8)48-64(78(63)88-32-16-2)44-68-52-72(84(12,13)14)50-66(42-62(77)46-69(45-61)81(3,4)5)80(68)92-36-22-34-90-76-59-29-20-30-60(76)40-56-26-18-24-54(74(56)86)38-58-28-19-27-57(75(58)89-33-21-35-91-79(65)67)37-53-23-17-25-55(39-59)73(53)85/h17-20,23-30,45-52,85-86H,15-16,21-22,31-44H2,1-14H3. The maximum Gasteiger partial charge on any atom is 0.126 e. The first-order valence-corrected chi connectivity index (χ1v) is 34.1. The number of benzene rings is 8. The summed E-state index contributed by atoms with van der Waals surface area (Å²) in [6.45, 7) is 34.8. The Labute approximate surface area is 549 Å². The van der Waals surface area contributed by atoms with Gasteiger partial charge in [0.15, 0.2) is 0 Å². The minimum atomic E-state index is -0.199. The molecule has 8 nitrogen and oxygen atoms in total. The van der Waals surface area contributed by atoms with Crippen molar-refractivity contribution in [3.63, 3.8) is 0 Å². The van der Waals surface area contributed by atoms with Crippen molar-refractivity contribution < 1.29 is 38.6 Å². The number of rotatable bonds is 6. The summed E-state index contributed by atoms with van der Waals surface area (Å²) in [5, 5.41) is 24.6. The van der Waals surface area contributed by atoms with E-state index in [2.05, 4.69) is 182 Å². The first-order valence-electron chi connectivity index (χ1n) is 34.1. The van der Waals surface area contributed by atoms with Crippen LogP contribution in [0.25, 0.3) is 0 Å². The number of hydrogen-bond acceptors (Lipinski definition) is 8. The van der Waals surface area contributed by atoms with Crippen molar-refractivity contribution in [3.05, 3.63) is 233 Å². The van der Waals surface area contributed by atoms with Gasteiger partial charge in [-0.2, -0.15) is 0 Å². The summed E-state index contributed by atoms with van der Waals surface area (Å²) < 4.78 is 43.5. The molecule has 2 heterocycles. The number of phenolic OH excluding ortho intramolecular Hbond substituents is 2. The summed E-state index contributed by atoms with van der Waals surface area (Å²) in [6, 6.07) is 43.9. The Hall–Kier alpha value is -7.84.